The summed E-state index contributed by atoms with van der Waals surface area (Å²) in [6.45, 7) is 0. The van der Waals surface area contributed by atoms with E-state index >= 15 is 0 Å². The van der Waals surface area contributed by atoms with Gasteiger partial charge in [0, 0.05) is 23.7 Å². The zero-order valence-electron chi connectivity index (χ0n) is 26.6. The third kappa shape index (κ3) is 6.17. The Kier molecular flexibility index (Phi) is 8.13. The fourth-order valence-corrected chi connectivity index (χ4v) is 6.53. The Bertz CT molecular complexity index is 2270. The van der Waals surface area contributed by atoms with Gasteiger partial charge < -0.3 is 0 Å². The quantitative estimate of drug-likeness (QED) is 0.183. The van der Waals surface area contributed by atoms with Gasteiger partial charge in [-0.15, -0.1) is 0 Å². The predicted molar refractivity (Wildman–Crippen MR) is 203 cm³/mol. The van der Waals surface area contributed by atoms with Crippen LogP contribution in [-0.4, -0.2) is 10.7 Å². The van der Waals surface area contributed by atoms with Gasteiger partial charge in [0.15, 0.2) is 0 Å². The number of nitrogens with zero attached hydrogens (tertiary/aromatic N) is 2. The van der Waals surface area contributed by atoms with E-state index in [-0.39, 0.29) is 0 Å². The third-order valence-electron chi connectivity index (χ3n) is 9.11. The maximum absolute atomic E-state index is 5.38. The molecule has 0 atom stereocenters. The van der Waals surface area contributed by atoms with E-state index in [9.17, 15) is 0 Å². The summed E-state index contributed by atoms with van der Waals surface area (Å²) in [6.07, 6.45) is 10.1. The highest BCUT2D eigenvalue weighted by molar-refractivity contribution is 6.05. The van der Waals surface area contributed by atoms with Gasteiger partial charge in [-0.25, -0.2) is 0 Å². The number of hydrogen-bond donors (Lipinski definition) is 0. The van der Waals surface area contributed by atoms with E-state index in [0.29, 0.717) is 0 Å². The number of pyridine rings is 1. The Labute approximate surface area is 282 Å². The second kappa shape index (κ2) is 13.3. The van der Waals surface area contributed by atoms with Crippen molar-refractivity contribution in [3.63, 3.8) is 0 Å². The average molecular weight is 615 g/mol. The molecule has 1 aliphatic rings. The van der Waals surface area contributed by atoms with Crippen LogP contribution in [0, 0.1) is 0 Å². The molecule has 2 nitrogen and oxygen atoms in total. The van der Waals surface area contributed by atoms with E-state index in [1.807, 2.05) is 12.3 Å². The fourth-order valence-electron chi connectivity index (χ4n) is 6.53. The van der Waals surface area contributed by atoms with E-state index in [2.05, 4.69) is 169 Å². The van der Waals surface area contributed by atoms with Crippen molar-refractivity contribution in [3.05, 3.63) is 199 Å². The van der Waals surface area contributed by atoms with Crippen molar-refractivity contribution in [3.8, 4) is 33.4 Å². The van der Waals surface area contributed by atoms with E-state index in [1.165, 1.54) is 44.2 Å². The zero-order valence-corrected chi connectivity index (χ0v) is 26.6. The molecule has 6 aromatic carbocycles. The summed E-state index contributed by atoms with van der Waals surface area (Å²) in [5.41, 5.74) is 13.8. The molecule has 8 rings (SSSR count). The highest BCUT2D eigenvalue weighted by Crippen LogP contribution is 2.32. The molecular weight excluding hydrogens is 581 g/mol. The Morgan fingerprint density at radius 3 is 1.77 bits per heavy atom. The molecule has 48 heavy (non-hydrogen) atoms. The van der Waals surface area contributed by atoms with Crippen molar-refractivity contribution in [1.29, 1.82) is 0 Å². The average Bonchev–Trinajstić information content (AvgIpc) is 3.16. The summed E-state index contributed by atoms with van der Waals surface area (Å²) in [5.74, 6) is 0. The first-order valence-electron chi connectivity index (χ1n) is 16.5. The zero-order chi connectivity index (χ0) is 32.1. The van der Waals surface area contributed by atoms with Gasteiger partial charge in [0.25, 0.3) is 0 Å². The lowest BCUT2D eigenvalue weighted by atomic mass is 9.94. The SMILES string of the molecule is C1=C(c2ccccc2)C=C(c2ccc(-c3ccc(-c4cccnc4)cc3)cc2)N=C(c2ccc(-c3cccc4ccccc34)cc2)CC1. The number of benzene rings is 6. The van der Waals surface area contributed by atoms with Crippen LogP contribution in [0.1, 0.15) is 29.5 Å². The first-order valence-corrected chi connectivity index (χ1v) is 16.5. The maximum atomic E-state index is 5.38. The van der Waals surface area contributed by atoms with Crippen molar-refractivity contribution in [1.82, 2.24) is 4.98 Å². The normalized spacial score (nSPS) is 13.2. The van der Waals surface area contributed by atoms with Gasteiger partial charge in [-0.3, -0.25) is 9.98 Å². The van der Waals surface area contributed by atoms with Crippen LogP contribution in [0.2, 0.25) is 0 Å². The van der Waals surface area contributed by atoms with Gasteiger partial charge >= 0.3 is 0 Å². The molecular formula is C46H34N2. The standard InChI is InChI=1S/C46H34N2/c1-2-9-33(10-3-1)41-13-7-17-45(39-28-24-38(25-29-39)44-16-6-12-37-11-4-5-15-43(37)44)48-46(31-41)40-26-22-35(23-27-40)34-18-20-36(21-19-34)42-14-8-30-47-32-42/h1-6,8-16,18-32H,7,17H2. The van der Waals surface area contributed by atoms with Gasteiger partial charge in [-0.2, -0.15) is 0 Å². The number of aromatic nitrogens is 1. The molecule has 0 fully saturated rings. The van der Waals surface area contributed by atoms with Crippen LogP contribution in [0.5, 0.6) is 0 Å². The molecule has 0 unspecified atom stereocenters. The van der Waals surface area contributed by atoms with Gasteiger partial charge in [0.05, 0.1) is 5.70 Å². The predicted octanol–water partition coefficient (Wildman–Crippen LogP) is 11.9. The molecule has 2 heterocycles. The molecule has 0 amide bonds. The molecule has 0 spiro atoms. The third-order valence-corrected chi connectivity index (χ3v) is 9.11. The Morgan fingerprint density at radius 1 is 0.438 bits per heavy atom. The second-order valence-electron chi connectivity index (χ2n) is 12.2. The summed E-state index contributed by atoms with van der Waals surface area (Å²) in [6, 6.07) is 56.2. The highest BCUT2D eigenvalue weighted by atomic mass is 14.8. The van der Waals surface area contributed by atoms with Crippen LogP contribution in [0.4, 0.5) is 0 Å². The van der Waals surface area contributed by atoms with Crippen LogP contribution in [0.25, 0.3) is 55.4 Å². The molecule has 1 aliphatic heterocycles. The van der Waals surface area contributed by atoms with Gasteiger partial charge in [-0.1, -0.05) is 158 Å². The Balaban J connectivity index is 1.13. The molecule has 7 aromatic rings. The van der Waals surface area contributed by atoms with Gasteiger partial charge in [0.1, 0.15) is 0 Å². The van der Waals surface area contributed by atoms with Crippen molar-refractivity contribution in [2.24, 2.45) is 4.99 Å². The lowest BCUT2D eigenvalue weighted by molar-refractivity contribution is 1.09. The minimum Gasteiger partial charge on any atom is -0.264 e. The molecule has 1 aromatic heterocycles. The van der Waals surface area contributed by atoms with Crippen molar-refractivity contribution >= 4 is 27.8 Å². The van der Waals surface area contributed by atoms with Crippen molar-refractivity contribution in [2.75, 3.05) is 0 Å². The first kappa shape index (κ1) is 29.3. The summed E-state index contributed by atoms with van der Waals surface area (Å²) >= 11 is 0. The highest BCUT2D eigenvalue weighted by Gasteiger charge is 2.13. The van der Waals surface area contributed by atoms with Crippen molar-refractivity contribution in [2.45, 2.75) is 12.8 Å². The maximum Gasteiger partial charge on any atom is 0.0711 e. The molecule has 228 valence electrons. The number of fused-ring (bicyclic) bond motifs is 1. The minimum atomic E-state index is 0.864. The molecule has 0 bridgehead atoms. The van der Waals surface area contributed by atoms with Gasteiger partial charge in [-0.05, 0) is 85.8 Å². The molecule has 0 aliphatic carbocycles. The summed E-state index contributed by atoms with van der Waals surface area (Å²) in [5, 5.41) is 2.53. The van der Waals surface area contributed by atoms with Crippen LogP contribution >= 0.6 is 0 Å². The largest absolute Gasteiger partial charge is 0.264 e. The number of aliphatic imine (C=N–C) groups is 1. The number of hydrogen-bond acceptors (Lipinski definition) is 2. The Hall–Kier alpha value is -6.12. The van der Waals surface area contributed by atoms with E-state index < -0.39 is 0 Å². The van der Waals surface area contributed by atoms with Crippen LogP contribution in [-0.2, 0) is 0 Å². The lowest BCUT2D eigenvalue weighted by Crippen LogP contribution is -2.03. The lowest BCUT2D eigenvalue weighted by Gasteiger charge is -2.15. The minimum absolute atomic E-state index is 0.864. The fraction of sp³-hybridized carbons (Fsp3) is 0.0435. The molecule has 0 saturated carbocycles. The van der Waals surface area contributed by atoms with Crippen LogP contribution in [0.3, 0.4) is 0 Å². The van der Waals surface area contributed by atoms with Crippen LogP contribution in [0.15, 0.2) is 187 Å². The summed E-state index contributed by atoms with van der Waals surface area (Å²) in [4.78, 5) is 9.65. The molecule has 0 N–H and O–H groups in total. The Morgan fingerprint density at radius 2 is 1.04 bits per heavy atom. The topological polar surface area (TPSA) is 25.2 Å². The number of allylic oxidation sites excluding steroid dienone is 3. The summed E-state index contributed by atoms with van der Waals surface area (Å²) < 4.78 is 0. The summed E-state index contributed by atoms with van der Waals surface area (Å²) in [7, 11) is 0. The second-order valence-corrected chi connectivity index (χ2v) is 12.2. The van der Waals surface area contributed by atoms with Crippen LogP contribution < -0.4 is 0 Å². The smallest absolute Gasteiger partial charge is 0.0711 e. The van der Waals surface area contributed by atoms with Gasteiger partial charge in [0.2, 0.25) is 0 Å². The molecule has 2 heteroatoms. The van der Waals surface area contributed by atoms with E-state index in [0.717, 1.165) is 46.5 Å². The van der Waals surface area contributed by atoms with Crippen molar-refractivity contribution < 1.29 is 0 Å². The van der Waals surface area contributed by atoms with E-state index in [1.54, 1.807) is 6.20 Å². The molecule has 0 saturated heterocycles. The molecule has 0 radical (unpaired) electrons. The monoisotopic (exact) mass is 614 g/mol. The number of rotatable bonds is 6. The van der Waals surface area contributed by atoms with E-state index in [4.69, 9.17) is 4.99 Å². The first-order chi connectivity index (χ1) is 23.8.